The number of anilines is 1. The Labute approximate surface area is 186 Å². The summed E-state index contributed by atoms with van der Waals surface area (Å²) in [5.41, 5.74) is 4.91. The quantitative estimate of drug-likeness (QED) is 0.498. The summed E-state index contributed by atoms with van der Waals surface area (Å²) < 4.78 is 15.8. The van der Waals surface area contributed by atoms with Crippen LogP contribution in [0.1, 0.15) is 5.56 Å². The minimum atomic E-state index is -0.234. The Kier molecular flexibility index (Phi) is 4.62. The van der Waals surface area contributed by atoms with E-state index in [4.69, 9.17) is 4.98 Å². The standard InChI is InChI=1S/C25H27FN6/c1-17-9-18-3-4-19(26)11-22(18)23(10-17)24-13-28-32-16-20(12-27-25(24)32)31-14-21(15-31)30-7-5-29(2)6-8-30/h3-4,9-13,16,21H,5-8,14-15H2,1-2H3. The van der Waals surface area contributed by atoms with Crippen molar-refractivity contribution in [1.82, 2.24) is 24.4 Å². The average molecular weight is 431 g/mol. The van der Waals surface area contributed by atoms with E-state index in [1.54, 1.807) is 6.07 Å². The second-order valence-corrected chi connectivity index (χ2v) is 9.21. The minimum Gasteiger partial charge on any atom is -0.366 e. The van der Waals surface area contributed by atoms with Crippen molar-refractivity contribution in [2.75, 3.05) is 51.2 Å². The molecule has 7 heteroatoms. The van der Waals surface area contributed by atoms with Crippen molar-refractivity contribution >= 4 is 22.1 Å². The molecule has 4 aromatic rings. The Morgan fingerprint density at radius 3 is 2.59 bits per heavy atom. The minimum absolute atomic E-state index is 0.234. The number of aromatic nitrogens is 3. The first kappa shape index (κ1) is 19.6. The number of benzene rings is 2. The van der Waals surface area contributed by atoms with Gasteiger partial charge in [0.15, 0.2) is 5.65 Å². The Hall–Kier alpha value is -3.03. The van der Waals surface area contributed by atoms with Crippen LogP contribution in [0.15, 0.2) is 48.9 Å². The average Bonchev–Trinajstić information content (AvgIpc) is 3.17. The lowest BCUT2D eigenvalue weighted by molar-refractivity contribution is 0.0963. The van der Waals surface area contributed by atoms with Gasteiger partial charge in [0.05, 0.1) is 24.3 Å². The Bertz CT molecular complexity index is 1300. The van der Waals surface area contributed by atoms with Gasteiger partial charge in [-0.2, -0.15) is 5.10 Å². The lowest BCUT2D eigenvalue weighted by Gasteiger charge is -2.48. The molecule has 0 unspecified atom stereocenters. The molecule has 0 saturated carbocycles. The van der Waals surface area contributed by atoms with Crippen LogP contribution in [0.4, 0.5) is 10.1 Å². The molecule has 164 valence electrons. The van der Waals surface area contributed by atoms with E-state index in [9.17, 15) is 4.39 Å². The number of halogens is 1. The highest BCUT2D eigenvalue weighted by molar-refractivity contribution is 6.00. The van der Waals surface area contributed by atoms with E-state index in [0.29, 0.717) is 6.04 Å². The van der Waals surface area contributed by atoms with E-state index in [2.05, 4.69) is 52.1 Å². The summed E-state index contributed by atoms with van der Waals surface area (Å²) in [4.78, 5) is 12.1. The van der Waals surface area contributed by atoms with Crippen molar-refractivity contribution < 1.29 is 4.39 Å². The van der Waals surface area contributed by atoms with Gasteiger partial charge in [-0.15, -0.1) is 0 Å². The zero-order chi connectivity index (χ0) is 21.8. The van der Waals surface area contributed by atoms with Crippen molar-refractivity contribution in [1.29, 1.82) is 0 Å². The second-order valence-electron chi connectivity index (χ2n) is 9.21. The molecule has 0 radical (unpaired) electrons. The summed E-state index contributed by atoms with van der Waals surface area (Å²) in [5.74, 6) is -0.234. The van der Waals surface area contributed by atoms with E-state index in [1.165, 1.54) is 6.07 Å². The van der Waals surface area contributed by atoms with Gasteiger partial charge < -0.3 is 9.80 Å². The summed E-state index contributed by atoms with van der Waals surface area (Å²) in [5, 5.41) is 6.50. The maximum Gasteiger partial charge on any atom is 0.162 e. The number of aryl methyl sites for hydroxylation is 1. The highest BCUT2D eigenvalue weighted by Crippen LogP contribution is 2.33. The maximum absolute atomic E-state index is 14.0. The van der Waals surface area contributed by atoms with E-state index < -0.39 is 0 Å². The van der Waals surface area contributed by atoms with Crippen LogP contribution in [-0.4, -0.2) is 76.8 Å². The molecule has 2 saturated heterocycles. The SMILES string of the molecule is Cc1cc(-c2cnn3cc(N4CC(N5CCN(C)CC5)C4)cnc23)c2cc(F)ccc2c1. The summed E-state index contributed by atoms with van der Waals surface area (Å²) in [7, 11) is 2.19. The number of fused-ring (bicyclic) bond motifs is 2. The molecule has 0 amide bonds. The normalized spacial score (nSPS) is 18.5. The highest BCUT2D eigenvalue weighted by atomic mass is 19.1. The molecule has 0 aliphatic carbocycles. The van der Waals surface area contributed by atoms with Gasteiger partial charge in [0.1, 0.15) is 5.82 Å². The molecule has 4 heterocycles. The fraction of sp³-hybridized carbons (Fsp3) is 0.360. The number of rotatable bonds is 3. The first-order chi connectivity index (χ1) is 15.5. The second kappa shape index (κ2) is 7.53. The first-order valence-corrected chi connectivity index (χ1v) is 11.3. The number of hydrogen-bond acceptors (Lipinski definition) is 5. The number of nitrogens with zero attached hydrogens (tertiary/aromatic N) is 6. The molecule has 6 rings (SSSR count). The molecule has 0 spiro atoms. The van der Waals surface area contributed by atoms with Crippen molar-refractivity contribution in [2.24, 2.45) is 0 Å². The monoisotopic (exact) mass is 430 g/mol. The molecule has 0 atom stereocenters. The first-order valence-electron chi connectivity index (χ1n) is 11.3. The van der Waals surface area contributed by atoms with Crippen LogP contribution in [0.25, 0.3) is 27.5 Å². The number of likely N-dealkylation sites (N-methyl/N-ethyl adjacent to an activating group) is 1. The van der Waals surface area contributed by atoms with Crippen LogP contribution in [0.2, 0.25) is 0 Å². The predicted octanol–water partition coefficient (Wildman–Crippen LogP) is 3.43. The zero-order valence-corrected chi connectivity index (χ0v) is 18.5. The third-order valence-electron chi connectivity index (χ3n) is 6.98. The summed E-state index contributed by atoms with van der Waals surface area (Å²) in [6, 6.07) is 9.73. The Balaban J connectivity index is 1.28. The van der Waals surface area contributed by atoms with Gasteiger partial charge in [-0.3, -0.25) is 4.90 Å². The zero-order valence-electron chi connectivity index (χ0n) is 18.5. The van der Waals surface area contributed by atoms with Crippen LogP contribution in [-0.2, 0) is 0 Å². The third-order valence-corrected chi connectivity index (χ3v) is 6.98. The number of hydrogen-bond donors (Lipinski definition) is 0. The van der Waals surface area contributed by atoms with Gasteiger partial charge in [0.25, 0.3) is 0 Å². The van der Waals surface area contributed by atoms with Gasteiger partial charge in [-0.05, 0) is 48.0 Å². The molecule has 0 N–H and O–H groups in total. The molecule has 6 nitrogen and oxygen atoms in total. The lowest BCUT2D eigenvalue weighted by atomic mass is 9.97. The molecule has 0 bridgehead atoms. The Morgan fingerprint density at radius 1 is 0.969 bits per heavy atom. The molecule has 2 aliphatic rings. The summed E-state index contributed by atoms with van der Waals surface area (Å²) in [6.07, 6.45) is 5.85. The van der Waals surface area contributed by atoms with Crippen LogP contribution < -0.4 is 4.90 Å². The third kappa shape index (κ3) is 3.32. The molecule has 32 heavy (non-hydrogen) atoms. The maximum atomic E-state index is 14.0. The predicted molar refractivity (Wildman–Crippen MR) is 126 cm³/mol. The van der Waals surface area contributed by atoms with Crippen molar-refractivity contribution in [3.05, 3.63) is 60.3 Å². The largest absolute Gasteiger partial charge is 0.366 e. The molecule has 2 aliphatic heterocycles. The van der Waals surface area contributed by atoms with Crippen molar-refractivity contribution in [3.63, 3.8) is 0 Å². The van der Waals surface area contributed by atoms with Gasteiger partial charge in [-0.1, -0.05) is 18.2 Å². The lowest BCUT2D eigenvalue weighted by Crippen LogP contribution is -2.63. The molecular weight excluding hydrogens is 403 g/mol. The van der Waals surface area contributed by atoms with Gasteiger partial charge in [-0.25, -0.2) is 13.9 Å². The summed E-state index contributed by atoms with van der Waals surface area (Å²) >= 11 is 0. The van der Waals surface area contributed by atoms with Crippen molar-refractivity contribution in [3.8, 4) is 11.1 Å². The van der Waals surface area contributed by atoms with Crippen LogP contribution in [0, 0.1) is 12.7 Å². The molecule has 2 aromatic carbocycles. The molecular formula is C25H27FN6. The van der Waals surface area contributed by atoms with E-state index >= 15 is 0 Å². The number of piperazine rings is 1. The van der Waals surface area contributed by atoms with Crippen LogP contribution in [0.3, 0.4) is 0 Å². The van der Waals surface area contributed by atoms with E-state index in [1.807, 2.05) is 23.0 Å². The Morgan fingerprint density at radius 2 is 1.78 bits per heavy atom. The smallest absolute Gasteiger partial charge is 0.162 e. The summed E-state index contributed by atoms with van der Waals surface area (Å²) in [6.45, 7) is 8.73. The highest BCUT2D eigenvalue weighted by Gasteiger charge is 2.33. The fourth-order valence-corrected chi connectivity index (χ4v) is 5.01. The molecule has 2 fully saturated rings. The van der Waals surface area contributed by atoms with Crippen LogP contribution in [0.5, 0.6) is 0 Å². The fourth-order valence-electron chi connectivity index (χ4n) is 5.01. The van der Waals surface area contributed by atoms with E-state index in [0.717, 1.165) is 78.1 Å². The molecule has 2 aromatic heterocycles. The van der Waals surface area contributed by atoms with Gasteiger partial charge >= 0.3 is 0 Å². The van der Waals surface area contributed by atoms with Crippen LogP contribution >= 0.6 is 0 Å². The van der Waals surface area contributed by atoms with Crippen molar-refractivity contribution in [2.45, 2.75) is 13.0 Å². The van der Waals surface area contributed by atoms with E-state index in [-0.39, 0.29) is 5.82 Å². The van der Waals surface area contributed by atoms with Gasteiger partial charge in [0, 0.05) is 50.9 Å². The van der Waals surface area contributed by atoms with Gasteiger partial charge in [0.2, 0.25) is 0 Å². The topological polar surface area (TPSA) is 39.9 Å².